The molecule has 0 saturated carbocycles. The molecule has 4 rings (SSSR count). The Morgan fingerprint density at radius 2 is 1.22 bits per heavy atom. The maximum atomic E-state index is 4.57. The van der Waals surface area contributed by atoms with Crippen molar-refractivity contribution in [1.82, 2.24) is 19.9 Å². The Morgan fingerprint density at radius 1 is 0.696 bits per heavy atom. The number of nitrogens with zero attached hydrogens (tertiary/aromatic N) is 4. The Kier molecular flexibility index (Phi) is 4.28. The van der Waals surface area contributed by atoms with E-state index in [9.17, 15) is 0 Å². The molecule has 0 aromatic carbocycles. The van der Waals surface area contributed by atoms with E-state index < -0.39 is 0 Å². The minimum Gasteiger partial charge on any atom is -0.307 e. The molecular formula is C13H10N6S4. The highest BCUT2D eigenvalue weighted by atomic mass is 32.1. The third kappa shape index (κ3) is 3.72. The first-order valence-corrected chi connectivity index (χ1v) is 10.1. The molecule has 0 amide bonds. The summed E-state index contributed by atoms with van der Waals surface area (Å²) in [5.74, 6) is 0. The number of anilines is 4. The number of rotatable bonds is 6. The van der Waals surface area contributed by atoms with Crippen LogP contribution in [-0.4, -0.2) is 19.9 Å². The molecule has 4 heterocycles. The highest BCUT2D eigenvalue weighted by Gasteiger charge is 2.08. The van der Waals surface area contributed by atoms with Crippen LogP contribution < -0.4 is 10.6 Å². The molecule has 0 spiro atoms. The third-order valence-corrected chi connectivity index (χ3v) is 5.75. The van der Waals surface area contributed by atoms with Crippen LogP contribution in [0.5, 0.6) is 0 Å². The predicted molar refractivity (Wildman–Crippen MR) is 97.8 cm³/mol. The zero-order valence-electron chi connectivity index (χ0n) is 11.6. The summed E-state index contributed by atoms with van der Waals surface area (Å²) >= 11 is 6.26. The smallest absolute Gasteiger partial charge is 0.189 e. The summed E-state index contributed by atoms with van der Waals surface area (Å²) in [6.45, 7) is 0. The van der Waals surface area contributed by atoms with Crippen LogP contribution >= 0.6 is 45.3 Å². The second-order valence-corrected chi connectivity index (χ2v) is 7.89. The van der Waals surface area contributed by atoms with Gasteiger partial charge in [0, 0.05) is 40.3 Å². The summed E-state index contributed by atoms with van der Waals surface area (Å²) in [4.78, 5) is 17.5. The fourth-order valence-electron chi connectivity index (χ4n) is 1.83. The largest absolute Gasteiger partial charge is 0.307 e. The quantitative estimate of drug-likeness (QED) is 0.511. The van der Waals surface area contributed by atoms with Gasteiger partial charge in [-0.25, -0.2) is 19.9 Å². The van der Waals surface area contributed by atoms with Gasteiger partial charge < -0.3 is 10.6 Å². The molecule has 4 aromatic rings. The van der Waals surface area contributed by atoms with Gasteiger partial charge in [-0.2, -0.15) is 0 Å². The van der Waals surface area contributed by atoms with Gasteiger partial charge in [-0.15, -0.1) is 45.3 Å². The lowest BCUT2D eigenvalue weighted by atomic mass is 10.3. The first kappa shape index (κ1) is 14.7. The van der Waals surface area contributed by atoms with Gasteiger partial charge in [0.25, 0.3) is 0 Å². The van der Waals surface area contributed by atoms with Crippen molar-refractivity contribution in [3.8, 4) is 0 Å². The molecule has 6 nitrogen and oxygen atoms in total. The fourth-order valence-corrected chi connectivity index (χ4v) is 4.43. The highest BCUT2D eigenvalue weighted by molar-refractivity contribution is 7.16. The van der Waals surface area contributed by atoms with Crippen LogP contribution in [0.3, 0.4) is 0 Å². The van der Waals surface area contributed by atoms with Crippen molar-refractivity contribution in [3.05, 3.63) is 45.3 Å². The molecule has 0 unspecified atom stereocenters. The van der Waals surface area contributed by atoms with E-state index in [1.165, 1.54) is 0 Å². The molecular weight excluding hydrogens is 368 g/mol. The first-order chi connectivity index (χ1) is 11.3. The second-order valence-electron chi connectivity index (χ2n) is 4.39. The summed E-state index contributed by atoms with van der Waals surface area (Å²) in [6, 6.07) is 0. The zero-order valence-corrected chi connectivity index (χ0v) is 14.9. The topological polar surface area (TPSA) is 75.6 Å². The molecule has 116 valence electrons. The molecule has 0 aliphatic rings. The fraction of sp³-hybridized carbons (Fsp3) is 0.0769. The van der Waals surface area contributed by atoms with E-state index in [0.717, 1.165) is 31.9 Å². The lowest BCUT2D eigenvalue weighted by Crippen LogP contribution is -1.93. The van der Waals surface area contributed by atoms with Crippen molar-refractivity contribution in [2.75, 3.05) is 10.6 Å². The van der Waals surface area contributed by atoms with Crippen LogP contribution in [0.1, 0.15) is 11.4 Å². The van der Waals surface area contributed by atoms with Gasteiger partial charge in [0.05, 0.1) is 11.4 Å². The molecule has 10 heteroatoms. The first-order valence-electron chi connectivity index (χ1n) is 6.57. The molecule has 0 atom stereocenters. The van der Waals surface area contributed by atoms with Crippen molar-refractivity contribution >= 4 is 65.9 Å². The molecule has 0 radical (unpaired) electrons. The van der Waals surface area contributed by atoms with Crippen LogP contribution in [-0.2, 0) is 6.42 Å². The van der Waals surface area contributed by atoms with E-state index in [1.54, 1.807) is 57.7 Å². The minimum atomic E-state index is 0.714. The molecule has 0 fully saturated rings. The van der Waals surface area contributed by atoms with E-state index in [0.29, 0.717) is 6.42 Å². The standard InChI is InChI=1S/C13H10N6S4/c1-3-20-10(14-1)18-12-16-8(6-22-12)5-9-7-23-13(17-9)19-11-15-2-4-21-11/h1-4,6-7H,5H2,(H,14,16,18)(H,15,17,19). The van der Waals surface area contributed by atoms with Gasteiger partial charge in [0.1, 0.15) is 0 Å². The summed E-state index contributed by atoms with van der Waals surface area (Å²) in [7, 11) is 0. The Labute approximate surface area is 148 Å². The highest BCUT2D eigenvalue weighted by Crippen LogP contribution is 2.26. The molecule has 23 heavy (non-hydrogen) atoms. The third-order valence-electron chi connectivity index (χ3n) is 2.76. The van der Waals surface area contributed by atoms with Crippen LogP contribution in [0.15, 0.2) is 33.9 Å². The van der Waals surface area contributed by atoms with Gasteiger partial charge in [0.2, 0.25) is 0 Å². The molecule has 0 aliphatic heterocycles. The van der Waals surface area contributed by atoms with E-state index >= 15 is 0 Å². The molecule has 4 aromatic heterocycles. The lowest BCUT2D eigenvalue weighted by Gasteiger charge is -1.96. The predicted octanol–water partition coefficient (Wildman–Crippen LogP) is 4.59. The zero-order chi connectivity index (χ0) is 15.5. The van der Waals surface area contributed by atoms with Gasteiger partial charge in [-0.3, -0.25) is 0 Å². The van der Waals surface area contributed by atoms with Crippen LogP contribution in [0.4, 0.5) is 20.5 Å². The number of thiazole rings is 4. The number of aromatic nitrogens is 4. The van der Waals surface area contributed by atoms with Crippen molar-refractivity contribution < 1.29 is 0 Å². The average molecular weight is 379 g/mol. The van der Waals surface area contributed by atoms with Crippen LogP contribution in [0.25, 0.3) is 0 Å². The van der Waals surface area contributed by atoms with Crippen molar-refractivity contribution in [1.29, 1.82) is 0 Å². The summed E-state index contributed by atoms with van der Waals surface area (Å²) < 4.78 is 0. The van der Waals surface area contributed by atoms with Gasteiger partial charge >= 0.3 is 0 Å². The van der Waals surface area contributed by atoms with E-state index in [1.807, 2.05) is 21.5 Å². The number of hydrogen-bond donors (Lipinski definition) is 2. The number of hydrogen-bond acceptors (Lipinski definition) is 10. The molecule has 2 N–H and O–H groups in total. The van der Waals surface area contributed by atoms with Gasteiger partial charge in [-0.05, 0) is 0 Å². The lowest BCUT2D eigenvalue weighted by molar-refractivity contribution is 1.05. The van der Waals surface area contributed by atoms with Crippen LogP contribution in [0.2, 0.25) is 0 Å². The van der Waals surface area contributed by atoms with E-state index in [-0.39, 0.29) is 0 Å². The number of nitrogens with one attached hydrogen (secondary N) is 2. The monoisotopic (exact) mass is 378 g/mol. The van der Waals surface area contributed by atoms with E-state index in [2.05, 4.69) is 30.6 Å². The Bertz CT molecular complexity index is 792. The summed E-state index contributed by atoms with van der Waals surface area (Å²) in [6.07, 6.45) is 4.26. The molecule has 0 aliphatic carbocycles. The average Bonchev–Trinajstić information content (AvgIpc) is 3.31. The van der Waals surface area contributed by atoms with Crippen molar-refractivity contribution in [2.45, 2.75) is 6.42 Å². The van der Waals surface area contributed by atoms with Gasteiger partial charge in [-0.1, -0.05) is 0 Å². The Hall–Kier alpha value is -1.88. The maximum Gasteiger partial charge on any atom is 0.189 e. The van der Waals surface area contributed by atoms with Crippen LogP contribution in [0, 0.1) is 0 Å². The molecule has 0 saturated heterocycles. The van der Waals surface area contributed by atoms with Gasteiger partial charge in [0.15, 0.2) is 20.5 Å². The summed E-state index contributed by atoms with van der Waals surface area (Å²) in [5.41, 5.74) is 2.00. The molecule has 0 bridgehead atoms. The van der Waals surface area contributed by atoms with Crippen molar-refractivity contribution in [3.63, 3.8) is 0 Å². The normalized spacial score (nSPS) is 10.8. The minimum absolute atomic E-state index is 0.714. The SMILES string of the molecule is c1csc(Nc2nc(Cc3csc(Nc4nccs4)n3)cs2)n1. The second kappa shape index (κ2) is 6.71. The summed E-state index contributed by atoms with van der Waals surface area (Å²) in [5, 5.41) is 17.8. The maximum absolute atomic E-state index is 4.57. The van der Waals surface area contributed by atoms with Crippen molar-refractivity contribution in [2.24, 2.45) is 0 Å². The van der Waals surface area contributed by atoms with E-state index in [4.69, 9.17) is 0 Å². The Balaban J connectivity index is 1.40. The Morgan fingerprint density at radius 3 is 1.65 bits per heavy atom.